The molecule has 21 heavy (non-hydrogen) atoms. The zero-order valence-corrected chi connectivity index (χ0v) is 13.0. The highest BCUT2D eigenvalue weighted by Crippen LogP contribution is 2.25. The second kappa shape index (κ2) is 5.24. The largest absolute Gasteiger partial charge is 0.340 e. The van der Waals surface area contributed by atoms with Gasteiger partial charge in [0.25, 0.3) is 0 Å². The third-order valence-electron chi connectivity index (χ3n) is 3.86. The summed E-state index contributed by atoms with van der Waals surface area (Å²) in [5.74, 6) is 0.889. The Kier molecular flexibility index (Phi) is 3.42. The Balaban J connectivity index is 2.03. The van der Waals surface area contributed by atoms with Crippen LogP contribution in [0.15, 0.2) is 42.6 Å². The van der Waals surface area contributed by atoms with Crippen LogP contribution in [0.1, 0.15) is 31.0 Å². The maximum absolute atomic E-state index is 4.79. The first-order chi connectivity index (χ1) is 10.1. The van der Waals surface area contributed by atoms with Gasteiger partial charge in [-0.05, 0) is 57.0 Å². The van der Waals surface area contributed by atoms with Crippen LogP contribution in [-0.4, -0.2) is 9.55 Å². The second-order valence-electron chi connectivity index (χ2n) is 5.82. The number of aromatic nitrogens is 2. The Bertz CT molecular complexity index is 764. The van der Waals surface area contributed by atoms with Crippen LogP contribution in [0.2, 0.25) is 0 Å². The van der Waals surface area contributed by atoms with E-state index >= 15 is 0 Å². The highest BCUT2D eigenvalue weighted by atomic mass is 15.1. The third kappa shape index (κ3) is 2.51. The standard InChI is InChI=1S/C18H21N3/c1-12(2)21-11-10-15-8-9-16(20-18(15)21)19-17-13(3)6-5-7-14(17)4/h5-12H,1-4H3,(H,19,20). The summed E-state index contributed by atoms with van der Waals surface area (Å²) in [4.78, 5) is 4.79. The number of hydrogen-bond acceptors (Lipinski definition) is 2. The Labute approximate surface area is 125 Å². The van der Waals surface area contributed by atoms with Crippen LogP contribution in [0, 0.1) is 13.8 Å². The normalized spacial score (nSPS) is 11.3. The smallest absolute Gasteiger partial charge is 0.142 e. The van der Waals surface area contributed by atoms with Gasteiger partial charge in [0, 0.05) is 23.3 Å². The Morgan fingerprint density at radius 2 is 1.71 bits per heavy atom. The predicted molar refractivity (Wildman–Crippen MR) is 89.3 cm³/mol. The summed E-state index contributed by atoms with van der Waals surface area (Å²) >= 11 is 0. The molecule has 0 aliphatic rings. The van der Waals surface area contributed by atoms with Gasteiger partial charge in [-0.3, -0.25) is 0 Å². The highest BCUT2D eigenvalue weighted by molar-refractivity contribution is 5.79. The minimum atomic E-state index is 0.408. The fraction of sp³-hybridized carbons (Fsp3) is 0.278. The lowest BCUT2D eigenvalue weighted by molar-refractivity contribution is 0.618. The molecule has 0 bridgehead atoms. The van der Waals surface area contributed by atoms with E-state index in [1.165, 1.54) is 16.5 Å². The fourth-order valence-electron chi connectivity index (χ4n) is 2.65. The van der Waals surface area contributed by atoms with Crippen molar-refractivity contribution in [2.45, 2.75) is 33.7 Å². The molecule has 0 saturated carbocycles. The minimum absolute atomic E-state index is 0.408. The Morgan fingerprint density at radius 1 is 1.00 bits per heavy atom. The molecule has 1 N–H and O–H groups in total. The monoisotopic (exact) mass is 279 g/mol. The van der Waals surface area contributed by atoms with Gasteiger partial charge in [-0.15, -0.1) is 0 Å². The van der Waals surface area contributed by atoms with Crippen LogP contribution in [0.3, 0.4) is 0 Å². The number of para-hydroxylation sites is 1. The van der Waals surface area contributed by atoms with Crippen LogP contribution in [0.25, 0.3) is 11.0 Å². The Morgan fingerprint density at radius 3 is 2.38 bits per heavy atom. The van der Waals surface area contributed by atoms with E-state index in [-0.39, 0.29) is 0 Å². The molecule has 3 aromatic rings. The van der Waals surface area contributed by atoms with E-state index in [0.29, 0.717) is 6.04 Å². The zero-order valence-electron chi connectivity index (χ0n) is 13.0. The van der Waals surface area contributed by atoms with Gasteiger partial charge in [0.1, 0.15) is 11.5 Å². The molecule has 0 atom stereocenters. The van der Waals surface area contributed by atoms with Crippen molar-refractivity contribution in [1.82, 2.24) is 9.55 Å². The minimum Gasteiger partial charge on any atom is -0.340 e. The molecular formula is C18H21N3. The number of aryl methyl sites for hydroxylation is 2. The van der Waals surface area contributed by atoms with E-state index in [1.54, 1.807) is 0 Å². The van der Waals surface area contributed by atoms with Crippen LogP contribution >= 0.6 is 0 Å². The van der Waals surface area contributed by atoms with Gasteiger partial charge in [-0.25, -0.2) is 4.98 Å². The van der Waals surface area contributed by atoms with Crippen molar-refractivity contribution in [1.29, 1.82) is 0 Å². The number of benzene rings is 1. The summed E-state index contributed by atoms with van der Waals surface area (Å²) in [5.41, 5.74) is 4.64. The predicted octanol–water partition coefficient (Wildman–Crippen LogP) is 4.98. The number of hydrogen-bond donors (Lipinski definition) is 1. The molecule has 3 heteroatoms. The number of nitrogens with one attached hydrogen (secondary N) is 1. The molecule has 2 heterocycles. The van der Waals surface area contributed by atoms with Crippen LogP contribution in [0.4, 0.5) is 11.5 Å². The van der Waals surface area contributed by atoms with Gasteiger partial charge < -0.3 is 9.88 Å². The zero-order chi connectivity index (χ0) is 15.0. The number of fused-ring (bicyclic) bond motifs is 1. The van der Waals surface area contributed by atoms with E-state index in [9.17, 15) is 0 Å². The van der Waals surface area contributed by atoms with E-state index in [2.05, 4.69) is 74.1 Å². The SMILES string of the molecule is Cc1cccc(C)c1Nc1ccc2ccn(C(C)C)c2n1. The van der Waals surface area contributed by atoms with E-state index in [4.69, 9.17) is 4.98 Å². The summed E-state index contributed by atoms with van der Waals surface area (Å²) in [6.07, 6.45) is 2.10. The molecule has 0 spiro atoms. The molecule has 3 nitrogen and oxygen atoms in total. The van der Waals surface area contributed by atoms with Crippen molar-refractivity contribution in [3.63, 3.8) is 0 Å². The molecule has 0 amide bonds. The van der Waals surface area contributed by atoms with E-state index < -0.39 is 0 Å². The van der Waals surface area contributed by atoms with Gasteiger partial charge in [-0.2, -0.15) is 0 Å². The number of anilines is 2. The summed E-state index contributed by atoms with van der Waals surface area (Å²) in [6.45, 7) is 8.58. The van der Waals surface area contributed by atoms with Crippen molar-refractivity contribution in [3.05, 3.63) is 53.7 Å². The van der Waals surface area contributed by atoms with Crippen LogP contribution in [0.5, 0.6) is 0 Å². The average molecular weight is 279 g/mol. The van der Waals surface area contributed by atoms with Crippen LogP contribution in [-0.2, 0) is 0 Å². The molecule has 108 valence electrons. The maximum atomic E-state index is 4.79. The summed E-state index contributed by atoms with van der Waals surface area (Å²) < 4.78 is 2.20. The second-order valence-corrected chi connectivity index (χ2v) is 5.82. The molecule has 0 unspecified atom stereocenters. The van der Waals surface area contributed by atoms with Gasteiger partial charge in [-0.1, -0.05) is 18.2 Å². The van der Waals surface area contributed by atoms with Crippen molar-refractivity contribution in [2.24, 2.45) is 0 Å². The topological polar surface area (TPSA) is 29.9 Å². The molecule has 2 aromatic heterocycles. The summed E-state index contributed by atoms with van der Waals surface area (Å²) in [5, 5.41) is 4.64. The molecule has 1 aromatic carbocycles. The van der Waals surface area contributed by atoms with Crippen molar-refractivity contribution < 1.29 is 0 Å². The lowest BCUT2D eigenvalue weighted by Crippen LogP contribution is -2.02. The molecule has 0 aliphatic carbocycles. The number of nitrogens with zero attached hydrogens (tertiary/aromatic N) is 2. The quantitative estimate of drug-likeness (QED) is 0.733. The van der Waals surface area contributed by atoms with Crippen molar-refractivity contribution >= 4 is 22.5 Å². The van der Waals surface area contributed by atoms with Crippen molar-refractivity contribution in [3.8, 4) is 0 Å². The van der Waals surface area contributed by atoms with Crippen LogP contribution < -0.4 is 5.32 Å². The van der Waals surface area contributed by atoms with E-state index in [1.807, 2.05) is 6.07 Å². The molecule has 3 rings (SSSR count). The van der Waals surface area contributed by atoms with Gasteiger partial charge >= 0.3 is 0 Å². The van der Waals surface area contributed by atoms with Gasteiger partial charge in [0.15, 0.2) is 0 Å². The lowest BCUT2D eigenvalue weighted by atomic mass is 10.1. The lowest BCUT2D eigenvalue weighted by Gasteiger charge is -2.13. The van der Waals surface area contributed by atoms with E-state index in [0.717, 1.165) is 17.2 Å². The average Bonchev–Trinajstić information content (AvgIpc) is 2.86. The molecule has 0 radical (unpaired) electrons. The highest BCUT2D eigenvalue weighted by Gasteiger charge is 2.08. The first kappa shape index (κ1) is 13.7. The first-order valence-electron chi connectivity index (χ1n) is 7.37. The maximum Gasteiger partial charge on any atom is 0.142 e. The number of pyridine rings is 1. The molecule has 0 fully saturated rings. The Hall–Kier alpha value is -2.29. The summed E-state index contributed by atoms with van der Waals surface area (Å²) in [7, 11) is 0. The van der Waals surface area contributed by atoms with Gasteiger partial charge in [0.05, 0.1) is 0 Å². The van der Waals surface area contributed by atoms with Gasteiger partial charge in [0.2, 0.25) is 0 Å². The molecular weight excluding hydrogens is 258 g/mol. The summed E-state index contributed by atoms with van der Waals surface area (Å²) in [6, 6.07) is 13.0. The molecule has 0 aliphatic heterocycles. The first-order valence-corrected chi connectivity index (χ1v) is 7.37. The van der Waals surface area contributed by atoms with Crippen molar-refractivity contribution in [2.75, 3.05) is 5.32 Å². The molecule has 0 saturated heterocycles. The third-order valence-corrected chi connectivity index (χ3v) is 3.86. The fourth-order valence-corrected chi connectivity index (χ4v) is 2.65. The number of rotatable bonds is 3.